The normalized spacial score (nSPS) is 10.7. The van der Waals surface area contributed by atoms with Gasteiger partial charge in [-0.3, -0.25) is 0 Å². The number of rotatable bonds is 4. The molecule has 0 radical (unpaired) electrons. The lowest BCUT2D eigenvalue weighted by atomic mass is 9.97. The van der Waals surface area contributed by atoms with Crippen LogP contribution in [0.5, 0.6) is 5.75 Å². The maximum absolute atomic E-state index is 5.97. The molecule has 1 heterocycles. The van der Waals surface area contributed by atoms with Crippen molar-refractivity contribution in [2.45, 2.75) is 26.7 Å². The van der Waals surface area contributed by atoms with E-state index < -0.39 is 0 Å². The molecular weight excluding hydrogens is 238 g/mol. The number of ether oxygens (including phenoxy) is 1. The molecule has 100 valence electrons. The highest BCUT2D eigenvalue weighted by Crippen LogP contribution is 2.31. The van der Waals surface area contributed by atoms with Gasteiger partial charge in [0.1, 0.15) is 17.9 Å². The summed E-state index contributed by atoms with van der Waals surface area (Å²) in [4.78, 5) is 8.47. The summed E-state index contributed by atoms with van der Waals surface area (Å²) in [5.41, 5.74) is 8.84. The van der Waals surface area contributed by atoms with Gasteiger partial charge in [-0.2, -0.15) is 0 Å². The lowest BCUT2D eigenvalue weighted by molar-refractivity contribution is 0.340. The second kappa shape index (κ2) is 5.69. The quantitative estimate of drug-likeness (QED) is 0.913. The van der Waals surface area contributed by atoms with Crippen LogP contribution in [0.25, 0.3) is 11.3 Å². The van der Waals surface area contributed by atoms with Crippen LogP contribution in [0.1, 0.15) is 32.3 Å². The Morgan fingerprint density at radius 2 is 2.05 bits per heavy atom. The molecule has 0 atom stereocenters. The molecule has 0 spiro atoms. The molecule has 19 heavy (non-hydrogen) atoms. The average molecular weight is 257 g/mol. The number of aromatic nitrogens is 2. The SMILES string of the molecule is CCOc1cccc(-c2ncnc(N)c2C(C)C)c1. The molecule has 0 bridgehead atoms. The van der Waals surface area contributed by atoms with E-state index in [1.54, 1.807) is 0 Å². The van der Waals surface area contributed by atoms with Gasteiger partial charge in [0.25, 0.3) is 0 Å². The highest BCUT2D eigenvalue weighted by molar-refractivity contribution is 5.69. The molecule has 0 saturated carbocycles. The Labute approximate surface area is 113 Å². The number of hydrogen-bond donors (Lipinski definition) is 1. The van der Waals surface area contributed by atoms with Gasteiger partial charge in [-0.25, -0.2) is 9.97 Å². The predicted molar refractivity (Wildman–Crippen MR) is 77.1 cm³/mol. The minimum absolute atomic E-state index is 0.270. The fourth-order valence-electron chi connectivity index (χ4n) is 2.11. The molecule has 2 rings (SSSR count). The first kappa shape index (κ1) is 13.3. The van der Waals surface area contributed by atoms with Crippen molar-refractivity contribution in [1.29, 1.82) is 0 Å². The largest absolute Gasteiger partial charge is 0.494 e. The van der Waals surface area contributed by atoms with Crippen LogP contribution in [0, 0.1) is 0 Å². The lowest BCUT2D eigenvalue weighted by Gasteiger charge is -2.14. The minimum atomic E-state index is 0.270. The first-order valence-electron chi connectivity index (χ1n) is 6.47. The van der Waals surface area contributed by atoms with Crippen molar-refractivity contribution in [3.8, 4) is 17.0 Å². The summed E-state index contributed by atoms with van der Waals surface area (Å²) in [5.74, 6) is 1.65. The Kier molecular flexibility index (Phi) is 4.00. The zero-order valence-corrected chi connectivity index (χ0v) is 11.6. The van der Waals surface area contributed by atoms with Gasteiger partial charge in [-0.15, -0.1) is 0 Å². The molecular formula is C15H19N3O. The van der Waals surface area contributed by atoms with Gasteiger partial charge < -0.3 is 10.5 Å². The molecule has 0 amide bonds. The van der Waals surface area contributed by atoms with Crippen molar-refractivity contribution in [3.05, 3.63) is 36.2 Å². The van der Waals surface area contributed by atoms with E-state index >= 15 is 0 Å². The van der Waals surface area contributed by atoms with Crippen molar-refractivity contribution in [3.63, 3.8) is 0 Å². The van der Waals surface area contributed by atoms with Crippen molar-refractivity contribution in [2.75, 3.05) is 12.3 Å². The van der Waals surface area contributed by atoms with Gasteiger partial charge in [0.2, 0.25) is 0 Å². The van der Waals surface area contributed by atoms with E-state index in [1.807, 2.05) is 31.2 Å². The van der Waals surface area contributed by atoms with E-state index in [4.69, 9.17) is 10.5 Å². The van der Waals surface area contributed by atoms with Crippen LogP contribution in [-0.4, -0.2) is 16.6 Å². The van der Waals surface area contributed by atoms with Gasteiger partial charge in [-0.05, 0) is 25.0 Å². The van der Waals surface area contributed by atoms with Crippen LogP contribution in [0.15, 0.2) is 30.6 Å². The zero-order valence-electron chi connectivity index (χ0n) is 11.6. The number of anilines is 1. The number of nitrogens with zero attached hydrogens (tertiary/aromatic N) is 2. The van der Waals surface area contributed by atoms with Crippen LogP contribution in [0.2, 0.25) is 0 Å². The molecule has 0 unspecified atom stereocenters. The van der Waals surface area contributed by atoms with E-state index in [0.717, 1.165) is 22.6 Å². The molecule has 0 aliphatic heterocycles. The molecule has 0 fully saturated rings. The van der Waals surface area contributed by atoms with Crippen molar-refractivity contribution in [1.82, 2.24) is 9.97 Å². The maximum atomic E-state index is 5.97. The molecule has 0 saturated heterocycles. The number of benzene rings is 1. The molecule has 1 aromatic heterocycles. The Bertz CT molecular complexity index is 567. The Balaban J connectivity index is 2.52. The summed E-state index contributed by atoms with van der Waals surface area (Å²) < 4.78 is 5.52. The third kappa shape index (κ3) is 2.84. The topological polar surface area (TPSA) is 61.0 Å². The average Bonchev–Trinajstić information content (AvgIpc) is 2.38. The summed E-state index contributed by atoms with van der Waals surface area (Å²) in [6.45, 7) is 6.79. The molecule has 1 aromatic carbocycles. The number of nitrogens with two attached hydrogens (primary N) is 1. The second-order valence-corrected chi connectivity index (χ2v) is 4.64. The van der Waals surface area contributed by atoms with Crippen LogP contribution < -0.4 is 10.5 Å². The van der Waals surface area contributed by atoms with Crippen LogP contribution in [0.3, 0.4) is 0 Å². The van der Waals surface area contributed by atoms with Crippen LogP contribution in [0.4, 0.5) is 5.82 Å². The summed E-state index contributed by atoms with van der Waals surface area (Å²) in [6.07, 6.45) is 1.50. The van der Waals surface area contributed by atoms with E-state index in [-0.39, 0.29) is 5.92 Å². The van der Waals surface area contributed by atoms with Gasteiger partial charge in [0, 0.05) is 11.1 Å². The van der Waals surface area contributed by atoms with Crippen LogP contribution in [-0.2, 0) is 0 Å². The van der Waals surface area contributed by atoms with E-state index in [0.29, 0.717) is 12.4 Å². The van der Waals surface area contributed by atoms with Crippen molar-refractivity contribution < 1.29 is 4.74 Å². The zero-order chi connectivity index (χ0) is 13.8. The van der Waals surface area contributed by atoms with Crippen molar-refractivity contribution >= 4 is 5.82 Å². The van der Waals surface area contributed by atoms with Crippen LogP contribution >= 0.6 is 0 Å². The Morgan fingerprint density at radius 1 is 1.26 bits per heavy atom. The summed E-state index contributed by atoms with van der Waals surface area (Å²) in [6, 6.07) is 7.89. The molecule has 4 heteroatoms. The second-order valence-electron chi connectivity index (χ2n) is 4.64. The smallest absolute Gasteiger partial charge is 0.130 e. The molecule has 0 aliphatic carbocycles. The van der Waals surface area contributed by atoms with E-state index in [2.05, 4.69) is 23.8 Å². The van der Waals surface area contributed by atoms with E-state index in [9.17, 15) is 0 Å². The standard InChI is InChI=1S/C15H19N3O/c1-4-19-12-7-5-6-11(8-12)14-13(10(2)3)15(16)18-9-17-14/h5-10H,4H2,1-3H3,(H2,16,17,18). The first-order chi connectivity index (χ1) is 9.13. The fraction of sp³-hybridized carbons (Fsp3) is 0.333. The van der Waals surface area contributed by atoms with Gasteiger partial charge in [0.15, 0.2) is 0 Å². The van der Waals surface area contributed by atoms with E-state index in [1.165, 1.54) is 6.33 Å². The third-order valence-corrected chi connectivity index (χ3v) is 2.91. The summed E-state index contributed by atoms with van der Waals surface area (Å²) in [5, 5.41) is 0. The molecule has 2 aromatic rings. The molecule has 4 nitrogen and oxygen atoms in total. The predicted octanol–water partition coefficient (Wildman–Crippen LogP) is 3.25. The fourth-order valence-corrected chi connectivity index (χ4v) is 2.11. The monoisotopic (exact) mass is 257 g/mol. The summed E-state index contributed by atoms with van der Waals surface area (Å²) in [7, 11) is 0. The Hall–Kier alpha value is -2.10. The van der Waals surface area contributed by atoms with Crippen molar-refractivity contribution in [2.24, 2.45) is 0 Å². The summed E-state index contributed by atoms with van der Waals surface area (Å²) >= 11 is 0. The Morgan fingerprint density at radius 3 is 2.74 bits per heavy atom. The first-order valence-corrected chi connectivity index (χ1v) is 6.47. The third-order valence-electron chi connectivity index (χ3n) is 2.91. The highest BCUT2D eigenvalue weighted by Gasteiger charge is 2.14. The maximum Gasteiger partial charge on any atom is 0.130 e. The number of hydrogen-bond acceptors (Lipinski definition) is 4. The molecule has 2 N–H and O–H groups in total. The number of nitrogen functional groups attached to an aromatic ring is 1. The molecule has 0 aliphatic rings. The van der Waals surface area contributed by atoms with Gasteiger partial charge in [-0.1, -0.05) is 26.0 Å². The van der Waals surface area contributed by atoms with Gasteiger partial charge >= 0.3 is 0 Å². The highest BCUT2D eigenvalue weighted by atomic mass is 16.5. The lowest BCUT2D eigenvalue weighted by Crippen LogP contribution is -2.04. The minimum Gasteiger partial charge on any atom is -0.494 e. The van der Waals surface area contributed by atoms with Gasteiger partial charge in [0.05, 0.1) is 12.3 Å².